The number of carboxylic acids is 2. The molecule has 17 heavy (non-hydrogen) atoms. The Morgan fingerprint density at radius 3 is 2.06 bits per heavy atom. The van der Waals surface area contributed by atoms with E-state index in [-0.39, 0.29) is 56.0 Å². The van der Waals surface area contributed by atoms with Gasteiger partial charge < -0.3 is 19.8 Å². The molecule has 0 amide bonds. The van der Waals surface area contributed by atoms with Crippen LogP contribution in [0.5, 0.6) is 0 Å². The first-order chi connectivity index (χ1) is 6.95. The summed E-state index contributed by atoms with van der Waals surface area (Å²) in [4.78, 5) is 21.7. The molecule has 1 rings (SSSR count). The zero-order valence-electron chi connectivity index (χ0n) is 10.8. The Hall–Kier alpha value is -0.125. The van der Waals surface area contributed by atoms with Crippen LogP contribution in [-0.2, 0) is 9.59 Å². The summed E-state index contributed by atoms with van der Waals surface area (Å²) >= 11 is 0. The van der Waals surface area contributed by atoms with Gasteiger partial charge in [0.15, 0.2) is 0 Å². The minimum atomic E-state index is -1.31. The van der Waals surface area contributed by atoms with Gasteiger partial charge in [-0.2, -0.15) is 0 Å². The van der Waals surface area contributed by atoms with E-state index in [4.69, 9.17) is 0 Å². The minimum Gasteiger partial charge on any atom is -0.550 e. The van der Waals surface area contributed by atoms with Gasteiger partial charge in [-0.05, 0) is 18.3 Å². The summed E-state index contributed by atoms with van der Waals surface area (Å²) in [7, 11) is 0. The molecule has 3 unspecified atom stereocenters. The zero-order chi connectivity index (χ0) is 11.6. The Morgan fingerprint density at radius 2 is 1.71 bits per heavy atom. The Kier molecular flexibility index (Phi) is 9.11. The van der Waals surface area contributed by atoms with Crippen LogP contribution >= 0.6 is 0 Å². The van der Waals surface area contributed by atoms with E-state index in [1.807, 2.05) is 13.8 Å². The van der Waals surface area contributed by atoms with Gasteiger partial charge in [-0.1, -0.05) is 26.0 Å². The number of aliphatic carboxylic acids is 2. The van der Waals surface area contributed by atoms with Crippen LogP contribution in [0.1, 0.15) is 20.3 Å². The third-order valence-electron chi connectivity index (χ3n) is 2.94. The number of hydrogen-bond donors (Lipinski definition) is 0. The largest absolute Gasteiger partial charge is 1.00 e. The Bertz CT molecular complexity index is 302. The van der Waals surface area contributed by atoms with Crippen molar-refractivity contribution in [1.82, 2.24) is 0 Å². The second-order valence-electron chi connectivity index (χ2n) is 4.26. The van der Waals surface area contributed by atoms with Gasteiger partial charge in [-0.25, -0.2) is 0 Å². The third kappa shape index (κ3) is 4.56. The average Bonchev–Trinajstić information content (AvgIpc) is 2.16. The molecule has 0 aliphatic heterocycles. The summed E-state index contributed by atoms with van der Waals surface area (Å²) in [5, 5.41) is 21.7. The van der Waals surface area contributed by atoms with Crippen molar-refractivity contribution in [2.24, 2.45) is 23.7 Å². The smallest absolute Gasteiger partial charge is 0.550 e. The van der Waals surface area contributed by atoms with Crippen molar-refractivity contribution in [1.29, 1.82) is 0 Å². The van der Waals surface area contributed by atoms with Crippen molar-refractivity contribution in [2.75, 3.05) is 0 Å². The molecule has 0 aromatic rings. The first kappa shape index (κ1) is 19.2. The summed E-state index contributed by atoms with van der Waals surface area (Å²) in [5.41, 5.74) is 0. The van der Waals surface area contributed by atoms with Crippen LogP contribution in [0.3, 0.4) is 0 Å². The van der Waals surface area contributed by atoms with Crippen LogP contribution in [0.2, 0.25) is 0 Å². The standard InChI is InChI=1S/C11H16O4.2Li/c1-6(2)7-4-3-5-8(10(12)13)9(7)11(14)15;;/h3-4,6-9H,5H2,1-2H3,(H,12,13)(H,14,15);;/q;2*+1/p-2. The van der Waals surface area contributed by atoms with Gasteiger partial charge in [0.25, 0.3) is 0 Å². The molecule has 0 spiro atoms. The molecule has 0 bridgehead atoms. The molecule has 84 valence electrons. The molecule has 0 N–H and O–H groups in total. The molecular formula is C11H14Li2O4. The molecule has 1 aliphatic rings. The number of carbonyl (C=O) groups is 2. The molecule has 0 saturated heterocycles. The van der Waals surface area contributed by atoms with E-state index < -0.39 is 23.8 Å². The van der Waals surface area contributed by atoms with Gasteiger partial charge in [0.1, 0.15) is 0 Å². The van der Waals surface area contributed by atoms with E-state index in [0.717, 1.165) is 0 Å². The molecule has 3 atom stereocenters. The third-order valence-corrected chi connectivity index (χ3v) is 2.94. The van der Waals surface area contributed by atoms with E-state index in [2.05, 4.69) is 0 Å². The van der Waals surface area contributed by atoms with Crippen molar-refractivity contribution >= 4 is 11.9 Å². The van der Waals surface area contributed by atoms with Crippen molar-refractivity contribution < 1.29 is 57.5 Å². The summed E-state index contributed by atoms with van der Waals surface area (Å²) < 4.78 is 0. The van der Waals surface area contributed by atoms with E-state index in [1.165, 1.54) is 0 Å². The number of hydrogen-bond acceptors (Lipinski definition) is 4. The molecule has 0 aromatic carbocycles. The van der Waals surface area contributed by atoms with Gasteiger partial charge in [0, 0.05) is 23.8 Å². The van der Waals surface area contributed by atoms with Gasteiger partial charge in [-0.15, -0.1) is 0 Å². The number of rotatable bonds is 3. The van der Waals surface area contributed by atoms with Gasteiger partial charge in [-0.3, -0.25) is 0 Å². The van der Waals surface area contributed by atoms with Crippen LogP contribution in [0.4, 0.5) is 0 Å². The van der Waals surface area contributed by atoms with Crippen LogP contribution in [0, 0.1) is 23.7 Å². The summed E-state index contributed by atoms with van der Waals surface area (Å²) in [6.07, 6.45) is 3.69. The molecule has 0 radical (unpaired) electrons. The van der Waals surface area contributed by atoms with E-state index in [1.54, 1.807) is 12.2 Å². The fraction of sp³-hybridized carbons (Fsp3) is 0.636. The molecule has 0 heterocycles. The maximum atomic E-state index is 10.9. The van der Waals surface area contributed by atoms with E-state index >= 15 is 0 Å². The molecule has 4 nitrogen and oxygen atoms in total. The normalized spacial score (nSPS) is 26.9. The van der Waals surface area contributed by atoms with Crippen LogP contribution in [-0.4, -0.2) is 11.9 Å². The summed E-state index contributed by atoms with van der Waals surface area (Å²) in [6, 6.07) is 0. The predicted molar refractivity (Wildman–Crippen MR) is 49.1 cm³/mol. The van der Waals surface area contributed by atoms with Crippen molar-refractivity contribution in [2.45, 2.75) is 20.3 Å². The molecular weight excluding hydrogens is 210 g/mol. The SMILES string of the molecule is CC(C)C1C=CCC(C(=O)[O-])C1C(=O)[O-].[Li+].[Li+]. The van der Waals surface area contributed by atoms with E-state index in [0.29, 0.717) is 0 Å². The predicted octanol–water partition coefficient (Wildman–Crippen LogP) is -7.04. The Morgan fingerprint density at radius 1 is 1.18 bits per heavy atom. The fourth-order valence-corrected chi connectivity index (χ4v) is 2.12. The summed E-state index contributed by atoms with van der Waals surface area (Å²) in [6.45, 7) is 3.73. The molecule has 0 aromatic heterocycles. The average molecular weight is 224 g/mol. The fourth-order valence-electron chi connectivity index (χ4n) is 2.12. The molecule has 1 aliphatic carbocycles. The van der Waals surface area contributed by atoms with Gasteiger partial charge in [0.2, 0.25) is 0 Å². The molecule has 0 fully saturated rings. The Balaban J connectivity index is 0. The van der Waals surface area contributed by atoms with Crippen molar-refractivity contribution in [3.05, 3.63) is 12.2 Å². The van der Waals surface area contributed by atoms with Crippen LogP contribution in [0.15, 0.2) is 12.2 Å². The quantitative estimate of drug-likeness (QED) is 0.352. The molecule has 6 heteroatoms. The summed E-state index contributed by atoms with van der Waals surface area (Å²) in [5.74, 6) is -4.75. The van der Waals surface area contributed by atoms with Crippen molar-refractivity contribution in [3.8, 4) is 0 Å². The zero-order valence-corrected chi connectivity index (χ0v) is 10.8. The first-order valence-electron chi connectivity index (χ1n) is 5.03. The topological polar surface area (TPSA) is 80.3 Å². The number of carboxylic acid groups (broad SMARTS) is 2. The first-order valence-corrected chi connectivity index (χ1v) is 5.03. The maximum absolute atomic E-state index is 10.9. The van der Waals surface area contributed by atoms with E-state index in [9.17, 15) is 19.8 Å². The Labute approximate surface area is 125 Å². The van der Waals surface area contributed by atoms with Crippen LogP contribution in [0.25, 0.3) is 0 Å². The second kappa shape index (κ2) is 8.06. The second-order valence-corrected chi connectivity index (χ2v) is 4.26. The van der Waals surface area contributed by atoms with Gasteiger partial charge in [0.05, 0.1) is 0 Å². The van der Waals surface area contributed by atoms with Crippen LogP contribution < -0.4 is 47.9 Å². The van der Waals surface area contributed by atoms with Gasteiger partial charge >= 0.3 is 37.7 Å². The number of carbonyl (C=O) groups excluding carboxylic acids is 2. The number of allylic oxidation sites excluding steroid dienone is 2. The van der Waals surface area contributed by atoms with Crippen molar-refractivity contribution in [3.63, 3.8) is 0 Å². The minimum absolute atomic E-state index is 0. The monoisotopic (exact) mass is 224 g/mol. The maximum Gasteiger partial charge on any atom is 1.00 e. The molecule has 0 saturated carbocycles.